The molecule has 0 fully saturated rings. The van der Waals surface area contributed by atoms with Gasteiger partial charge in [0.25, 0.3) is 0 Å². The van der Waals surface area contributed by atoms with Crippen molar-refractivity contribution in [1.29, 1.82) is 0 Å². The van der Waals surface area contributed by atoms with Crippen LogP contribution in [0.2, 0.25) is 5.02 Å². The van der Waals surface area contributed by atoms with Gasteiger partial charge >= 0.3 is 0 Å². The quantitative estimate of drug-likeness (QED) is 0.759. The summed E-state index contributed by atoms with van der Waals surface area (Å²) in [5, 5.41) is 3.56. The third kappa shape index (κ3) is 4.80. The van der Waals surface area contributed by atoms with E-state index in [-0.39, 0.29) is 0 Å². The molecule has 0 unspecified atom stereocenters. The van der Waals surface area contributed by atoms with Gasteiger partial charge in [-0.15, -0.1) is 0 Å². The highest BCUT2D eigenvalue weighted by Gasteiger charge is 2.12. The lowest BCUT2D eigenvalue weighted by atomic mass is 10.3. The second-order valence-corrected chi connectivity index (χ2v) is 4.98. The average Bonchev–Trinajstić information content (AvgIpc) is 2.49. The maximum atomic E-state index is 6.22. The largest absolute Gasteiger partial charge is 0.357 e. The Kier molecular flexibility index (Phi) is 7.62. The molecule has 0 aromatic carbocycles. The van der Waals surface area contributed by atoms with E-state index >= 15 is 0 Å². The van der Waals surface area contributed by atoms with Crippen LogP contribution in [0.4, 0.5) is 11.8 Å². The van der Waals surface area contributed by atoms with Crippen molar-refractivity contribution in [3.8, 4) is 0 Å². The maximum Gasteiger partial charge on any atom is 0.224 e. The number of halogens is 1. The number of hydrogen-bond acceptors (Lipinski definition) is 5. The first-order chi connectivity index (χ1) is 9.65. The minimum atomic E-state index is 0.603. The molecule has 6 heteroatoms. The summed E-state index contributed by atoms with van der Waals surface area (Å²) in [7, 11) is 1.81. The monoisotopic (exact) mass is 299 g/mol. The van der Waals surface area contributed by atoms with E-state index in [2.05, 4.69) is 45.9 Å². The van der Waals surface area contributed by atoms with Crippen molar-refractivity contribution < 1.29 is 0 Å². The second-order valence-electron chi connectivity index (χ2n) is 4.58. The van der Waals surface area contributed by atoms with Crippen molar-refractivity contribution in [2.45, 2.75) is 27.2 Å². The smallest absolute Gasteiger partial charge is 0.224 e. The summed E-state index contributed by atoms with van der Waals surface area (Å²) in [6.45, 7) is 11.6. The summed E-state index contributed by atoms with van der Waals surface area (Å²) in [5.41, 5.74) is 0. The molecule has 0 radical (unpaired) electrons. The Balaban J connectivity index is 2.66. The van der Waals surface area contributed by atoms with Crippen LogP contribution >= 0.6 is 11.6 Å². The van der Waals surface area contributed by atoms with E-state index in [4.69, 9.17) is 11.6 Å². The lowest BCUT2D eigenvalue weighted by Crippen LogP contribution is -2.30. The van der Waals surface area contributed by atoms with Gasteiger partial charge in [0, 0.05) is 20.1 Å². The summed E-state index contributed by atoms with van der Waals surface area (Å²) < 4.78 is 0. The number of anilines is 2. The molecule has 0 spiro atoms. The van der Waals surface area contributed by atoms with Crippen molar-refractivity contribution in [2.75, 3.05) is 50.0 Å². The summed E-state index contributed by atoms with van der Waals surface area (Å²) in [5.74, 6) is 1.42. The molecule has 114 valence electrons. The van der Waals surface area contributed by atoms with Gasteiger partial charge in [-0.25, -0.2) is 4.98 Å². The fourth-order valence-corrected chi connectivity index (χ4v) is 2.35. The normalized spacial score (nSPS) is 10.9. The predicted octanol–water partition coefficient (Wildman–Crippen LogP) is 2.73. The fraction of sp³-hybridized carbons (Fsp3) is 0.714. The second kappa shape index (κ2) is 8.97. The van der Waals surface area contributed by atoms with Crippen LogP contribution in [0.5, 0.6) is 0 Å². The first kappa shape index (κ1) is 17.0. The molecular weight excluding hydrogens is 274 g/mol. The van der Waals surface area contributed by atoms with Gasteiger partial charge in [0.2, 0.25) is 5.95 Å². The van der Waals surface area contributed by atoms with E-state index in [9.17, 15) is 0 Å². The molecule has 1 aromatic rings. The molecule has 1 heterocycles. The van der Waals surface area contributed by atoms with Crippen molar-refractivity contribution in [3.63, 3.8) is 0 Å². The standard InChI is InChI=1S/C14H26ClN5/c1-5-19(6-2)9-8-10-20(7-3)13-12(15)11-17-14(16-4)18-13/h11H,5-10H2,1-4H3,(H,16,17,18). The van der Waals surface area contributed by atoms with Gasteiger partial charge in [0.1, 0.15) is 5.02 Å². The number of nitrogens with zero attached hydrogens (tertiary/aromatic N) is 4. The highest BCUT2D eigenvalue weighted by molar-refractivity contribution is 6.32. The van der Waals surface area contributed by atoms with E-state index in [1.165, 1.54) is 0 Å². The molecule has 0 amide bonds. The average molecular weight is 300 g/mol. The Morgan fingerprint density at radius 2 is 1.85 bits per heavy atom. The highest BCUT2D eigenvalue weighted by atomic mass is 35.5. The summed E-state index contributed by atoms with van der Waals surface area (Å²) in [6.07, 6.45) is 2.76. The zero-order valence-corrected chi connectivity index (χ0v) is 13.7. The molecule has 1 aromatic heterocycles. The molecule has 0 aliphatic rings. The van der Waals surface area contributed by atoms with Crippen molar-refractivity contribution in [1.82, 2.24) is 14.9 Å². The molecule has 0 aliphatic heterocycles. The Labute approximate surface area is 127 Å². The molecule has 1 N–H and O–H groups in total. The van der Waals surface area contributed by atoms with Gasteiger partial charge in [-0.3, -0.25) is 0 Å². The lowest BCUT2D eigenvalue weighted by molar-refractivity contribution is 0.300. The van der Waals surface area contributed by atoms with Gasteiger partial charge in [-0.1, -0.05) is 25.4 Å². The third-order valence-electron chi connectivity index (χ3n) is 3.43. The summed E-state index contributed by atoms with van der Waals surface area (Å²) in [4.78, 5) is 13.2. The molecule has 0 atom stereocenters. The molecule has 5 nitrogen and oxygen atoms in total. The van der Waals surface area contributed by atoms with E-state index in [0.29, 0.717) is 11.0 Å². The molecule has 20 heavy (non-hydrogen) atoms. The topological polar surface area (TPSA) is 44.3 Å². The lowest BCUT2D eigenvalue weighted by Gasteiger charge is -2.25. The molecule has 1 rings (SSSR count). The Morgan fingerprint density at radius 1 is 1.15 bits per heavy atom. The Morgan fingerprint density at radius 3 is 2.40 bits per heavy atom. The van der Waals surface area contributed by atoms with E-state index in [0.717, 1.165) is 45.0 Å². The van der Waals surface area contributed by atoms with Gasteiger partial charge in [-0.05, 0) is 33.0 Å². The van der Waals surface area contributed by atoms with Crippen molar-refractivity contribution in [2.24, 2.45) is 0 Å². The summed E-state index contributed by atoms with van der Waals surface area (Å²) >= 11 is 6.22. The molecule has 0 aliphatic carbocycles. The minimum absolute atomic E-state index is 0.603. The van der Waals surface area contributed by atoms with Gasteiger partial charge in [0.15, 0.2) is 5.82 Å². The van der Waals surface area contributed by atoms with Crippen LogP contribution in [0.1, 0.15) is 27.2 Å². The third-order valence-corrected chi connectivity index (χ3v) is 3.69. The van der Waals surface area contributed by atoms with Crippen LogP contribution in [0, 0.1) is 0 Å². The Bertz CT molecular complexity index is 395. The molecule has 0 saturated heterocycles. The Hall–Kier alpha value is -1.07. The fourth-order valence-electron chi connectivity index (χ4n) is 2.14. The van der Waals surface area contributed by atoms with E-state index in [1.807, 2.05) is 7.05 Å². The summed E-state index contributed by atoms with van der Waals surface area (Å²) in [6, 6.07) is 0. The van der Waals surface area contributed by atoms with Gasteiger partial charge in [0.05, 0.1) is 6.20 Å². The first-order valence-corrected chi connectivity index (χ1v) is 7.71. The van der Waals surface area contributed by atoms with Crippen LogP contribution in [-0.4, -0.2) is 54.6 Å². The number of hydrogen-bond donors (Lipinski definition) is 1. The van der Waals surface area contributed by atoms with Crippen LogP contribution < -0.4 is 10.2 Å². The van der Waals surface area contributed by atoms with Crippen molar-refractivity contribution >= 4 is 23.4 Å². The minimum Gasteiger partial charge on any atom is -0.357 e. The van der Waals surface area contributed by atoms with E-state index < -0.39 is 0 Å². The van der Waals surface area contributed by atoms with Gasteiger partial charge in [-0.2, -0.15) is 4.98 Å². The number of aromatic nitrogens is 2. The number of nitrogens with one attached hydrogen (secondary N) is 1. The van der Waals surface area contributed by atoms with Crippen LogP contribution in [0.25, 0.3) is 0 Å². The van der Waals surface area contributed by atoms with Crippen LogP contribution in [0.3, 0.4) is 0 Å². The van der Waals surface area contributed by atoms with E-state index in [1.54, 1.807) is 6.20 Å². The van der Waals surface area contributed by atoms with Gasteiger partial charge < -0.3 is 15.1 Å². The highest BCUT2D eigenvalue weighted by Crippen LogP contribution is 2.23. The zero-order valence-electron chi connectivity index (χ0n) is 13.0. The van der Waals surface area contributed by atoms with Crippen LogP contribution in [-0.2, 0) is 0 Å². The SMILES string of the molecule is CCN(CC)CCCN(CC)c1nc(NC)ncc1Cl. The zero-order chi connectivity index (χ0) is 15.0. The molecular formula is C14H26ClN5. The maximum absolute atomic E-state index is 6.22. The predicted molar refractivity (Wildman–Crippen MR) is 86.9 cm³/mol. The molecule has 0 saturated carbocycles. The van der Waals surface area contributed by atoms with Crippen LogP contribution in [0.15, 0.2) is 6.20 Å². The first-order valence-electron chi connectivity index (χ1n) is 7.33. The number of rotatable bonds is 9. The van der Waals surface area contributed by atoms with Crippen molar-refractivity contribution in [3.05, 3.63) is 11.2 Å². The molecule has 0 bridgehead atoms.